The third-order valence-corrected chi connectivity index (χ3v) is 16.5. The number of amidine groups is 3. The van der Waals surface area contributed by atoms with Gasteiger partial charge in [0.1, 0.15) is 17.5 Å². The van der Waals surface area contributed by atoms with E-state index in [0.29, 0.717) is 0 Å². The van der Waals surface area contributed by atoms with Crippen molar-refractivity contribution in [2.24, 2.45) is 15.0 Å². The molecule has 0 radical (unpaired) electrons. The number of hydrogen-bond donors (Lipinski definition) is 0. The second kappa shape index (κ2) is 21.0. The Bertz CT molecular complexity index is 3700. The maximum atomic E-state index is 5.30. The van der Waals surface area contributed by atoms with Gasteiger partial charge in [-0.3, -0.25) is 15.0 Å². The molecule has 392 valence electrons. The number of benzene rings is 9. The van der Waals surface area contributed by atoms with Crippen molar-refractivity contribution >= 4 is 51.6 Å². The Balaban J connectivity index is 0.762. The number of anilines is 6. The van der Waals surface area contributed by atoms with Crippen molar-refractivity contribution in [3.63, 3.8) is 0 Å². The maximum Gasteiger partial charge on any atom is 0.136 e. The molecule has 0 saturated carbocycles. The summed E-state index contributed by atoms with van der Waals surface area (Å²) in [4.78, 5) is 25.4. The molecular formula is C75H57N7. The number of nitrogens with zero attached hydrogens (tertiary/aromatic N) is 7. The zero-order valence-electron chi connectivity index (χ0n) is 45.0. The average molecular weight is 1060 g/mol. The van der Waals surface area contributed by atoms with Crippen molar-refractivity contribution in [1.82, 2.24) is 0 Å². The quantitative estimate of drug-likeness (QED) is 0.122. The van der Waals surface area contributed by atoms with Crippen molar-refractivity contribution in [3.05, 3.63) is 326 Å². The molecule has 0 aromatic heterocycles. The molecule has 6 unspecified atom stereocenters. The van der Waals surface area contributed by atoms with Crippen LogP contribution in [0.1, 0.15) is 16.7 Å². The maximum absolute atomic E-state index is 5.30. The molecular weight excluding hydrogens is 999 g/mol. The topological polar surface area (TPSA) is 50.0 Å². The van der Waals surface area contributed by atoms with Crippen LogP contribution >= 0.6 is 0 Å². The van der Waals surface area contributed by atoms with E-state index in [-0.39, 0.29) is 36.3 Å². The highest BCUT2D eigenvalue weighted by Gasteiger charge is 2.38. The standard InChI is InChI=1S/C75H57N7/c1-4-25-61(26-5-1)80-70-34-13-10-31-67(70)76-73(80)58-22-16-19-55(49-58)52-37-43-64(44-38-52)79(65-45-39-53(40-46-65)56-20-17-23-59(50-56)74-77-68-32-11-14-35-71(68)81(74)62-27-6-2-7-28-62)66-47-41-54(42-48-66)57-21-18-24-60(51-57)75-78-69-33-12-15-36-72(69)82(75)63-29-8-3-9-30-63/h1-51,67-72H. The van der Waals surface area contributed by atoms with Crippen LogP contribution in [0.3, 0.4) is 0 Å². The summed E-state index contributed by atoms with van der Waals surface area (Å²) in [7, 11) is 0. The van der Waals surface area contributed by atoms with Crippen molar-refractivity contribution in [2.45, 2.75) is 36.3 Å². The summed E-state index contributed by atoms with van der Waals surface area (Å²) in [6.07, 6.45) is 26.1. The molecule has 0 bridgehead atoms. The molecule has 0 spiro atoms. The van der Waals surface area contributed by atoms with Gasteiger partial charge in [0.25, 0.3) is 0 Å². The molecule has 3 heterocycles. The van der Waals surface area contributed by atoms with E-state index in [9.17, 15) is 0 Å². The van der Waals surface area contributed by atoms with Crippen molar-refractivity contribution in [3.8, 4) is 33.4 Å². The highest BCUT2D eigenvalue weighted by atomic mass is 15.3. The van der Waals surface area contributed by atoms with E-state index in [1.165, 1.54) is 0 Å². The number of aliphatic imine (C=N–C) groups is 3. The molecule has 15 rings (SSSR count). The van der Waals surface area contributed by atoms with Gasteiger partial charge >= 0.3 is 0 Å². The Morgan fingerprint density at radius 3 is 0.805 bits per heavy atom. The first-order chi connectivity index (χ1) is 40.6. The number of para-hydroxylation sites is 3. The van der Waals surface area contributed by atoms with Gasteiger partial charge in [0.05, 0.1) is 36.3 Å². The minimum Gasteiger partial charge on any atom is -0.317 e. The largest absolute Gasteiger partial charge is 0.317 e. The van der Waals surface area contributed by atoms with Crippen LogP contribution in [0.25, 0.3) is 33.4 Å². The Kier molecular flexibility index (Phi) is 12.5. The zero-order valence-corrected chi connectivity index (χ0v) is 45.0. The second-order valence-corrected chi connectivity index (χ2v) is 21.4. The van der Waals surface area contributed by atoms with Gasteiger partial charge in [-0.05, 0) is 124 Å². The van der Waals surface area contributed by atoms with Gasteiger partial charge in [-0.25, -0.2) is 0 Å². The fourth-order valence-electron chi connectivity index (χ4n) is 12.5. The average Bonchev–Trinajstić information content (AvgIpc) is 4.46. The van der Waals surface area contributed by atoms with Gasteiger partial charge < -0.3 is 19.6 Å². The Hall–Kier alpha value is -10.4. The SMILES string of the molecule is C1=CC2N=C(c3cccc(-c4ccc(N(c5ccc(-c6cccc(C7=NC8C=CC=CC8N7c7ccccc7)c6)cc5)c5ccc(-c6cccc(C7=NC8C=CC=CC8N7c7ccccc7)c6)cc5)cc4)c3)N(c3ccccc3)C2C=C1. The molecule has 9 aromatic carbocycles. The van der Waals surface area contributed by atoms with Crippen LogP contribution in [0.4, 0.5) is 34.1 Å². The predicted molar refractivity (Wildman–Crippen MR) is 341 cm³/mol. The summed E-state index contributed by atoms with van der Waals surface area (Å²) in [6, 6.07) is 85.9. The first kappa shape index (κ1) is 48.7. The molecule has 0 saturated heterocycles. The van der Waals surface area contributed by atoms with Crippen LogP contribution in [0, 0.1) is 0 Å². The van der Waals surface area contributed by atoms with Crippen LogP contribution in [-0.2, 0) is 0 Å². The minimum absolute atomic E-state index is 0.0587. The fraction of sp³-hybridized carbons (Fsp3) is 0.0800. The Labute approximate surface area is 479 Å². The summed E-state index contributed by atoms with van der Waals surface area (Å²) >= 11 is 0. The summed E-state index contributed by atoms with van der Waals surface area (Å²) in [5, 5.41) is 0. The number of fused-ring (bicyclic) bond motifs is 3. The van der Waals surface area contributed by atoms with Gasteiger partial charge in [0.2, 0.25) is 0 Å². The highest BCUT2D eigenvalue weighted by Crippen LogP contribution is 2.41. The van der Waals surface area contributed by atoms with E-state index in [0.717, 1.165) is 102 Å². The number of rotatable bonds is 12. The molecule has 7 nitrogen and oxygen atoms in total. The molecule has 3 aliphatic heterocycles. The van der Waals surface area contributed by atoms with Crippen LogP contribution in [0.2, 0.25) is 0 Å². The minimum atomic E-state index is 0.0587. The molecule has 9 aromatic rings. The monoisotopic (exact) mass is 1060 g/mol. The second-order valence-electron chi connectivity index (χ2n) is 21.4. The smallest absolute Gasteiger partial charge is 0.136 e. The van der Waals surface area contributed by atoms with Gasteiger partial charge in [-0.1, -0.05) is 219 Å². The number of hydrogen-bond acceptors (Lipinski definition) is 7. The van der Waals surface area contributed by atoms with Crippen LogP contribution in [0.15, 0.2) is 324 Å². The third kappa shape index (κ3) is 9.02. The lowest BCUT2D eigenvalue weighted by Gasteiger charge is -2.29. The van der Waals surface area contributed by atoms with Gasteiger partial charge in [0.15, 0.2) is 0 Å². The molecule has 0 amide bonds. The van der Waals surface area contributed by atoms with Crippen molar-refractivity contribution in [2.75, 3.05) is 19.6 Å². The molecule has 6 aliphatic rings. The summed E-state index contributed by atoms with van der Waals surface area (Å²) in [5.74, 6) is 2.95. The lowest BCUT2D eigenvalue weighted by molar-refractivity contribution is 0.739. The highest BCUT2D eigenvalue weighted by molar-refractivity contribution is 6.15. The normalized spacial score (nSPS) is 20.8. The van der Waals surface area contributed by atoms with Crippen LogP contribution in [0.5, 0.6) is 0 Å². The third-order valence-electron chi connectivity index (χ3n) is 16.5. The Morgan fingerprint density at radius 2 is 0.512 bits per heavy atom. The van der Waals surface area contributed by atoms with E-state index in [4.69, 9.17) is 15.0 Å². The summed E-state index contributed by atoms with van der Waals surface area (Å²) < 4.78 is 0. The van der Waals surface area contributed by atoms with Crippen molar-refractivity contribution < 1.29 is 0 Å². The van der Waals surface area contributed by atoms with Crippen molar-refractivity contribution in [1.29, 1.82) is 0 Å². The van der Waals surface area contributed by atoms with Gasteiger partial charge in [-0.2, -0.15) is 0 Å². The van der Waals surface area contributed by atoms with E-state index < -0.39 is 0 Å². The first-order valence-electron chi connectivity index (χ1n) is 28.4. The lowest BCUT2D eigenvalue weighted by atomic mass is 9.99. The van der Waals surface area contributed by atoms with Gasteiger partial charge in [-0.15, -0.1) is 0 Å². The Morgan fingerprint density at radius 1 is 0.244 bits per heavy atom. The van der Waals surface area contributed by atoms with E-state index in [1.54, 1.807) is 0 Å². The molecule has 7 heteroatoms. The molecule has 82 heavy (non-hydrogen) atoms. The van der Waals surface area contributed by atoms with E-state index >= 15 is 0 Å². The first-order valence-corrected chi connectivity index (χ1v) is 28.4. The summed E-state index contributed by atoms with van der Waals surface area (Å²) in [6.45, 7) is 0. The summed E-state index contributed by atoms with van der Waals surface area (Å²) in [5.41, 5.74) is 16.6. The van der Waals surface area contributed by atoms with E-state index in [1.807, 2.05) is 0 Å². The molecule has 0 fully saturated rings. The number of allylic oxidation sites excluding steroid dienone is 6. The molecule has 0 N–H and O–H groups in total. The zero-order chi connectivity index (χ0) is 54.3. The fourth-order valence-corrected chi connectivity index (χ4v) is 12.5. The van der Waals surface area contributed by atoms with Gasteiger partial charge in [0, 0.05) is 50.8 Å². The van der Waals surface area contributed by atoms with E-state index in [2.05, 4.69) is 329 Å². The lowest BCUT2D eigenvalue weighted by Crippen LogP contribution is -2.39. The predicted octanol–water partition coefficient (Wildman–Crippen LogP) is 16.5. The molecule has 6 atom stereocenters. The van der Waals surface area contributed by atoms with Crippen LogP contribution < -0.4 is 19.6 Å². The molecule has 3 aliphatic carbocycles. The van der Waals surface area contributed by atoms with Crippen LogP contribution in [-0.4, -0.2) is 53.8 Å².